The van der Waals surface area contributed by atoms with Crippen LogP contribution in [0.15, 0.2) is 24.3 Å². The van der Waals surface area contributed by atoms with Crippen LogP contribution < -0.4 is 10.1 Å². The topological polar surface area (TPSA) is 68.5 Å². The van der Waals surface area contributed by atoms with Gasteiger partial charge in [0.05, 0.1) is 29.5 Å². The average molecular weight is 470 g/mol. The number of alkyl halides is 3. The standard InChI is InChI=1S/C24H34F3N3O3/c1-22(2,3)20-12-21(30(29-20)14-18-7-6-10-32-18)28-13-16-11-17(24(25,26)27)8-9-19(16)33-15-23(4,5)31/h8-9,11-12,18,28,31H,6-7,10,13-15H2,1-5H3/t18-/m1/s1. The molecule has 0 radical (unpaired) electrons. The van der Waals surface area contributed by atoms with Gasteiger partial charge in [0.25, 0.3) is 0 Å². The number of aliphatic hydroxyl groups is 1. The maximum absolute atomic E-state index is 13.3. The molecule has 0 aliphatic carbocycles. The zero-order valence-electron chi connectivity index (χ0n) is 19.9. The first kappa shape index (κ1) is 25.4. The number of nitrogens with zero attached hydrogens (tertiary/aromatic N) is 2. The van der Waals surface area contributed by atoms with Crippen LogP contribution >= 0.6 is 0 Å². The van der Waals surface area contributed by atoms with Crippen molar-refractivity contribution >= 4 is 5.82 Å². The predicted octanol–water partition coefficient (Wildman–Crippen LogP) is 5.14. The molecule has 2 N–H and O–H groups in total. The number of ether oxygens (including phenoxy) is 2. The number of hydrogen-bond acceptors (Lipinski definition) is 5. The van der Waals surface area contributed by atoms with E-state index >= 15 is 0 Å². The van der Waals surface area contributed by atoms with Crippen LogP contribution in [0.2, 0.25) is 0 Å². The lowest BCUT2D eigenvalue weighted by Gasteiger charge is -2.21. The van der Waals surface area contributed by atoms with Crippen molar-refractivity contribution in [2.75, 3.05) is 18.5 Å². The average Bonchev–Trinajstić information content (AvgIpc) is 3.33. The van der Waals surface area contributed by atoms with Gasteiger partial charge >= 0.3 is 6.18 Å². The first-order chi connectivity index (χ1) is 15.2. The summed E-state index contributed by atoms with van der Waals surface area (Å²) in [5.41, 5.74) is -0.829. The summed E-state index contributed by atoms with van der Waals surface area (Å²) in [6.07, 6.45) is -2.44. The highest BCUT2D eigenvalue weighted by Crippen LogP contribution is 2.33. The largest absolute Gasteiger partial charge is 0.490 e. The molecule has 1 aromatic heterocycles. The van der Waals surface area contributed by atoms with E-state index in [2.05, 4.69) is 26.1 Å². The Morgan fingerprint density at radius 1 is 1.18 bits per heavy atom. The Hall–Kier alpha value is -2.26. The Labute approximate surface area is 193 Å². The molecule has 0 unspecified atom stereocenters. The summed E-state index contributed by atoms with van der Waals surface area (Å²) in [5, 5.41) is 18.0. The quantitative estimate of drug-likeness (QED) is 0.560. The molecule has 0 bridgehead atoms. The highest BCUT2D eigenvalue weighted by Gasteiger charge is 2.31. The van der Waals surface area contributed by atoms with Gasteiger partial charge in [0.15, 0.2) is 0 Å². The summed E-state index contributed by atoms with van der Waals surface area (Å²) in [6.45, 7) is 10.7. The van der Waals surface area contributed by atoms with Gasteiger partial charge in [-0.2, -0.15) is 18.3 Å². The highest BCUT2D eigenvalue weighted by atomic mass is 19.4. The van der Waals surface area contributed by atoms with E-state index in [1.54, 1.807) is 13.8 Å². The van der Waals surface area contributed by atoms with Gasteiger partial charge in [-0.05, 0) is 44.9 Å². The van der Waals surface area contributed by atoms with E-state index in [9.17, 15) is 18.3 Å². The minimum absolute atomic E-state index is 0.0452. The molecule has 1 aliphatic heterocycles. The van der Waals surface area contributed by atoms with Crippen molar-refractivity contribution in [2.24, 2.45) is 0 Å². The molecular formula is C24H34F3N3O3. The van der Waals surface area contributed by atoms with Crippen molar-refractivity contribution in [3.63, 3.8) is 0 Å². The second-order valence-corrected chi connectivity index (χ2v) is 10.3. The molecule has 0 amide bonds. The third-order valence-corrected chi connectivity index (χ3v) is 5.38. The van der Waals surface area contributed by atoms with Crippen LogP contribution in [0.1, 0.15) is 64.3 Å². The molecule has 1 saturated heterocycles. The van der Waals surface area contributed by atoms with Crippen molar-refractivity contribution in [1.29, 1.82) is 0 Å². The number of halogens is 3. The van der Waals surface area contributed by atoms with Gasteiger partial charge in [-0.25, -0.2) is 4.68 Å². The van der Waals surface area contributed by atoms with Gasteiger partial charge in [0.2, 0.25) is 0 Å². The molecular weight excluding hydrogens is 435 g/mol. The Kier molecular flexibility index (Phi) is 7.33. The van der Waals surface area contributed by atoms with Crippen molar-refractivity contribution in [2.45, 2.75) is 83.8 Å². The summed E-state index contributed by atoms with van der Waals surface area (Å²) in [4.78, 5) is 0. The summed E-state index contributed by atoms with van der Waals surface area (Å²) in [7, 11) is 0. The summed E-state index contributed by atoms with van der Waals surface area (Å²) >= 11 is 0. The molecule has 2 aromatic rings. The first-order valence-corrected chi connectivity index (χ1v) is 11.2. The fraction of sp³-hybridized carbons (Fsp3) is 0.625. The van der Waals surface area contributed by atoms with Gasteiger partial charge in [-0.3, -0.25) is 0 Å². The zero-order valence-corrected chi connectivity index (χ0v) is 19.9. The van der Waals surface area contributed by atoms with E-state index in [4.69, 9.17) is 14.6 Å². The molecule has 3 rings (SSSR count). The SMILES string of the molecule is CC(C)(O)COc1ccc(C(F)(F)F)cc1CNc1cc(C(C)(C)C)nn1C[C@H]1CCCO1. The molecule has 2 heterocycles. The minimum Gasteiger partial charge on any atom is -0.490 e. The molecule has 0 saturated carbocycles. The molecule has 184 valence electrons. The van der Waals surface area contributed by atoms with Crippen LogP contribution in [0.25, 0.3) is 0 Å². The lowest BCUT2D eigenvalue weighted by molar-refractivity contribution is -0.137. The van der Waals surface area contributed by atoms with Crippen LogP contribution in [-0.2, 0) is 29.4 Å². The van der Waals surface area contributed by atoms with Gasteiger partial charge < -0.3 is 19.9 Å². The normalized spacial score (nSPS) is 17.4. The van der Waals surface area contributed by atoms with Gasteiger partial charge in [0.1, 0.15) is 18.2 Å². The fourth-order valence-corrected chi connectivity index (χ4v) is 3.52. The first-order valence-electron chi connectivity index (χ1n) is 11.2. The summed E-state index contributed by atoms with van der Waals surface area (Å²) in [6, 6.07) is 5.30. The molecule has 1 aromatic carbocycles. The molecule has 33 heavy (non-hydrogen) atoms. The van der Waals surface area contributed by atoms with Gasteiger partial charge in [0, 0.05) is 30.2 Å². The Bertz CT molecular complexity index is 937. The maximum atomic E-state index is 13.3. The smallest absolute Gasteiger partial charge is 0.416 e. The number of hydrogen-bond donors (Lipinski definition) is 2. The summed E-state index contributed by atoms with van der Waals surface area (Å²) in [5.74, 6) is 1.00. The highest BCUT2D eigenvalue weighted by molar-refractivity contribution is 5.44. The predicted molar refractivity (Wildman–Crippen MR) is 120 cm³/mol. The lowest BCUT2D eigenvalue weighted by Crippen LogP contribution is -2.28. The lowest BCUT2D eigenvalue weighted by atomic mass is 9.92. The number of rotatable bonds is 8. The molecule has 1 atom stereocenters. The van der Waals surface area contributed by atoms with Gasteiger partial charge in [-0.15, -0.1) is 0 Å². The minimum atomic E-state index is -4.47. The van der Waals surface area contributed by atoms with E-state index in [1.165, 1.54) is 6.07 Å². The molecule has 6 nitrogen and oxygen atoms in total. The van der Waals surface area contributed by atoms with E-state index in [0.29, 0.717) is 23.7 Å². The zero-order chi connectivity index (χ0) is 24.4. The van der Waals surface area contributed by atoms with Crippen LogP contribution in [0.4, 0.5) is 19.0 Å². The van der Waals surface area contributed by atoms with E-state index in [1.807, 2.05) is 10.7 Å². The van der Waals surface area contributed by atoms with E-state index in [-0.39, 0.29) is 24.7 Å². The molecule has 9 heteroatoms. The second kappa shape index (κ2) is 9.54. The molecule has 0 spiro atoms. The Morgan fingerprint density at radius 2 is 1.91 bits per heavy atom. The second-order valence-electron chi connectivity index (χ2n) is 10.3. The molecule has 1 aliphatic rings. The van der Waals surface area contributed by atoms with E-state index < -0.39 is 17.3 Å². The van der Waals surface area contributed by atoms with Crippen LogP contribution in [0.3, 0.4) is 0 Å². The monoisotopic (exact) mass is 469 g/mol. The molecule has 1 fully saturated rings. The van der Waals surface area contributed by atoms with Crippen LogP contribution in [0.5, 0.6) is 5.75 Å². The Balaban J connectivity index is 1.86. The number of anilines is 1. The van der Waals surface area contributed by atoms with Crippen molar-refractivity contribution in [3.8, 4) is 5.75 Å². The third-order valence-electron chi connectivity index (χ3n) is 5.38. The van der Waals surface area contributed by atoms with E-state index in [0.717, 1.165) is 37.3 Å². The van der Waals surface area contributed by atoms with Crippen molar-refractivity contribution < 1.29 is 27.8 Å². The van der Waals surface area contributed by atoms with Gasteiger partial charge in [-0.1, -0.05) is 20.8 Å². The number of benzene rings is 1. The van der Waals surface area contributed by atoms with Crippen molar-refractivity contribution in [1.82, 2.24) is 9.78 Å². The fourth-order valence-electron chi connectivity index (χ4n) is 3.52. The maximum Gasteiger partial charge on any atom is 0.416 e. The van der Waals surface area contributed by atoms with Crippen LogP contribution in [0, 0.1) is 0 Å². The van der Waals surface area contributed by atoms with Crippen molar-refractivity contribution in [3.05, 3.63) is 41.1 Å². The third kappa shape index (κ3) is 7.11. The number of nitrogens with one attached hydrogen (secondary N) is 1. The van der Waals surface area contributed by atoms with Crippen LogP contribution in [-0.4, -0.2) is 39.8 Å². The summed E-state index contributed by atoms with van der Waals surface area (Å²) < 4.78 is 53.2. The number of aromatic nitrogens is 2. The Morgan fingerprint density at radius 3 is 2.48 bits per heavy atom.